The number of nitro groups is 1. The number of benzene rings is 1. The summed E-state index contributed by atoms with van der Waals surface area (Å²) in [6.07, 6.45) is -4.70. The quantitative estimate of drug-likeness (QED) is 0.344. The van der Waals surface area contributed by atoms with Crippen LogP contribution >= 0.6 is 15.9 Å². The minimum absolute atomic E-state index is 0.334. The van der Waals surface area contributed by atoms with Gasteiger partial charge in [-0.05, 0) is 12.1 Å². The first-order valence-electron chi connectivity index (χ1n) is 5.37. The van der Waals surface area contributed by atoms with Crippen LogP contribution in [-0.2, 0) is 15.7 Å². The van der Waals surface area contributed by atoms with Crippen molar-refractivity contribution >= 4 is 27.6 Å². The Bertz CT molecular complexity index is 549. The molecule has 6 nitrogen and oxygen atoms in total. The molecule has 1 unspecified atom stereocenters. The third kappa shape index (κ3) is 4.59. The van der Waals surface area contributed by atoms with Crippen LogP contribution in [0, 0.1) is 10.1 Å². The summed E-state index contributed by atoms with van der Waals surface area (Å²) in [7, 11) is 1.14. The van der Waals surface area contributed by atoms with E-state index >= 15 is 0 Å². The zero-order valence-electron chi connectivity index (χ0n) is 10.5. The lowest BCUT2D eigenvalue weighted by Crippen LogP contribution is -2.23. The third-order valence-corrected chi connectivity index (χ3v) is 2.96. The van der Waals surface area contributed by atoms with Crippen molar-refractivity contribution in [2.24, 2.45) is 0 Å². The molecule has 0 N–H and O–H groups in total. The molecule has 116 valence electrons. The molecule has 0 spiro atoms. The highest BCUT2D eigenvalue weighted by Gasteiger charge is 2.33. The van der Waals surface area contributed by atoms with Gasteiger partial charge in [-0.25, -0.2) is 0 Å². The Labute approximate surface area is 125 Å². The van der Waals surface area contributed by atoms with Gasteiger partial charge in [-0.1, -0.05) is 15.9 Å². The Morgan fingerprint density at radius 1 is 1.48 bits per heavy atom. The molecular weight excluding hydrogens is 363 g/mol. The molecule has 1 atom stereocenters. The van der Waals surface area contributed by atoms with Crippen LogP contribution in [0.5, 0.6) is 5.75 Å². The molecule has 0 aliphatic rings. The van der Waals surface area contributed by atoms with Gasteiger partial charge in [0, 0.05) is 6.07 Å². The average molecular weight is 372 g/mol. The summed E-state index contributed by atoms with van der Waals surface area (Å²) in [5.41, 5.74) is -2.00. The minimum atomic E-state index is -4.70. The van der Waals surface area contributed by atoms with E-state index in [1.165, 1.54) is 0 Å². The second-order valence-corrected chi connectivity index (χ2v) is 4.84. The summed E-state index contributed by atoms with van der Waals surface area (Å²) >= 11 is 2.92. The van der Waals surface area contributed by atoms with Crippen LogP contribution < -0.4 is 4.74 Å². The summed E-state index contributed by atoms with van der Waals surface area (Å²) in [4.78, 5) is 20.0. The number of hydrogen-bond donors (Lipinski definition) is 0. The van der Waals surface area contributed by atoms with E-state index in [0.29, 0.717) is 12.1 Å². The van der Waals surface area contributed by atoms with Crippen molar-refractivity contribution in [2.45, 2.75) is 11.0 Å². The number of esters is 1. The first kappa shape index (κ1) is 17.2. The fourth-order valence-corrected chi connectivity index (χ4v) is 1.64. The van der Waals surface area contributed by atoms with Crippen LogP contribution in [0.2, 0.25) is 0 Å². The Morgan fingerprint density at radius 3 is 2.57 bits per heavy atom. The van der Waals surface area contributed by atoms with Gasteiger partial charge < -0.3 is 9.47 Å². The van der Waals surface area contributed by atoms with Gasteiger partial charge in [0.1, 0.15) is 11.4 Å². The van der Waals surface area contributed by atoms with E-state index in [4.69, 9.17) is 4.74 Å². The molecule has 21 heavy (non-hydrogen) atoms. The molecule has 1 aromatic rings. The Balaban J connectivity index is 2.97. The summed E-state index contributed by atoms with van der Waals surface area (Å²) in [6.45, 7) is -0.334. The maximum atomic E-state index is 12.5. The number of hydrogen-bond acceptors (Lipinski definition) is 5. The number of rotatable bonds is 5. The van der Waals surface area contributed by atoms with Crippen molar-refractivity contribution < 1.29 is 32.4 Å². The molecule has 0 aliphatic carbocycles. The third-order valence-electron chi connectivity index (χ3n) is 2.33. The monoisotopic (exact) mass is 371 g/mol. The van der Waals surface area contributed by atoms with Crippen molar-refractivity contribution in [3.63, 3.8) is 0 Å². The van der Waals surface area contributed by atoms with Crippen molar-refractivity contribution in [1.82, 2.24) is 0 Å². The zero-order chi connectivity index (χ0) is 16.2. The highest BCUT2D eigenvalue weighted by Crippen LogP contribution is 2.36. The van der Waals surface area contributed by atoms with E-state index in [2.05, 4.69) is 20.7 Å². The largest absolute Gasteiger partial charge is 0.485 e. The number of nitrogens with zero attached hydrogens (tertiary/aromatic N) is 1. The summed E-state index contributed by atoms with van der Waals surface area (Å²) in [5, 5.41) is 10.8. The fourth-order valence-electron chi connectivity index (χ4n) is 1.32. The molecule has 1 rings (SSSR count). The first-order valence-corrected chi connectivity index (χ1v) is 6.28. The van der Waals surface area contributed by atoms with E-state index in [-0.39, 0.29) is 12.4 Å². The smallest absolute Gasteiger partial charge is 0.416 e. The van der Waals surface area contributed by atoms with Crippen molar-refractivity contribution in [3.05, 3.63) is 33.9 Å². The van der Waals surface area contributed by atoms with E-state index in [1.807, 2.05) is 0 Å². The second-order valence-electron chi connectivity index (χ2n) is 3.74. The molecule has 1 aromatic carbocycles. The molecule has 10 heteroatoms. The van der Waals surface area contributed by atoms with Gasteiger partial charge in [0.15, 0.2) is 5.75 Å². The number of carbonyl (C=O) groups excluding carboxylic acids is 1. The number of methoxy groups -OCH3 is 1. The molecule has 0 aliphatic heterocycles. The average Bonchev–Trinajstić information content (AvgIpc) is 2.42. The van der Waals surface area contributed by atoms with Gasteiger partial charge in [0.2, 0.25) is 0 Å². The van der Waals surface area contributed by atoms with Crippen LogP contribution in [0.15, 0.2) is 18.2 Å². The van der Waals surface area contributed by atoms with E-state index < -0.39 is 33.1 Å². The van der Waals surface area contributed by atoms with Gasteiger partial charge in [-0.15, -0.1) is 0 Å². The summed E-state index contributed by atoms with van der Waals surface area (Å²) in [5.74, 6) is -1.05. The fraction of sp³-hybridized carbons (Fsp3) is 0.364. The lowest BCUT2D eigenvalue weighted by molar-refractivity contribution is -0.386. The summed E-state index contributed by atoms with van der Waals surface area (Å²) in [6, 6.07) is 1.86. The standard InChI is InChI=1S/C11H9BrF3NO5/c1-20-10(17)7(12)5-21-9-3-2-6(11(13,14)15)4-8(9)16(18)19/h2-4,7H,5H2,1H3. The van der Waals surface area contributed by atoms with Crippen molar-refractivity contribution in [2.75, 3.05) is 13.7 Å². The molecule has 0 saturated carbocycles. The molecular formula is C11H9BrF3NO5. The molecule has 0 bridgehead atoms. The Hall–Kier alpha value is -1.84. The van der Waals surface area contributed by atoms with Crippen molar-refractivity contribution in [3.8, 4) is 5.75 Å². The number of halogens is 4. The predicted molar refractivity (Wildman–Crippen MR) is 68.3 cm³/mol. The van der Waals surface area contributed by atoms with Crippen LogP contribution in [0.4, 0.5) is 18.9 Å². The summed E-state index contributed by atoms with van der Waals surface area (Å²) < 4.78 is 46.9. The number of carbonyl (C=O) groups is 1. The molecule has 0 saturated heterocycles. The van der Waals surface area contributed by atoms with E-state index in [9.17, 15) is 28.1 Å². The SMILES string of the molecule is COC(=O)C(Br)COc1ccc(C(F)(F)F)cc1[N+](=O)[O-]. The molecule has 0 fully saturated rings. The normalized spacial score (nSPS) is 12.6. The Kier molecular flexibility index (Phi) is 5.53. The molecule has 0 radical (unpaired) electrons. The van der Waals surface area contributed by atoms with Crippen LogP contribution in [-0.4, -0.2) is 29.4 Å². The number of alkyl halides is 4. The lowest BCUT2D eigenvalue weighted by Gasteiger charge is -2.12. The van der Waals surface area contributed by atoms with E-state index in [0.717, 1.165) is 13.2 Å². The van der Waals surface area contributed by atoms with Gasteiger partial charge >= 0.3 is 17.8 Å². The van der Waals surface area contributed by atoms with Gasteiger partial charge in [-0.3, -0.25) is 14.9 Å². The predicted octanol–water partition coefficient (Wildman–Crippen LogP) is 2.93. The van der Waals surface area contributed by atoms with Gasteiger partial charge in [0.05, 0.1) is 17.6 Å². The lowest BCUT2D eigenvalue weighted by atomic mass is 10.2. The maximum Gasteiger partial charge on any atom is 0.416 e. The van der Waals surface area contributed by atoms with Crippen LogP contribution in [0.1, 0.15) is 5.56 Å². The molecule has 0 amide bonds. The minimum Gasteiger partial charge on any atom is -0.485 e. The van der Waals surface area contributed by atoms with Gasteiger partial charge in [0.25, 0.3) is 0 Å². The second kappa shape index (κ2) is 6.74. The topological polar surface area (TPSA) is 78.7 Å². The van der Waals surface area contributed by atoms with Crippen molar-refractivity contribution in [1.29, 1.82) is 0 Å². The Morgan fingerprint density at radius 2 is 2.10 bits per heavy atom. The number of ether oxygens (including phenoxy) is 2. The molecule has 0 heterocycles. The van der Waals surface area contributed by atoms with Gasteiger partial charge in [-0.2, -0.15) is 13.2 Å². The highest BCUT2D eigenvalue weighted by atomic mass is 79.9. The van der Waals surface area contributed by atoms with E-state index in [1.54, 1.807) is 0 Å². The number of nitro benzene ring substituents is 1. The maximum absolute atomic E-state index is 12.5. The zero-order valence-corrected chi connectivity index (χ0v) is 12.1. The highest BCUT2D eigenvalue weighted by molar-refractivity contribution is 9.10. The van der Waals surface area contributed by atoms with Crippen LogP contribution in [0.3, 0.4) is 0 Å². The first-order chi connectivity index (χ1) is 9.66. The van der Waals surface area contributed by atoms with Crippen LogP contribution in [0.25, 0.3) is 0 Å². The molecule has 0 aromatic heterocycles.